The van der Waals surface area contributed by atoms with Crippen LogP contribution in [0, 0.1) is 5.92 Å². The SMILES string of the molecule is CCOC(=O)C1CNNC1Cc1ccc(Br)cc1. The number of carbonyl (C=O) groups is 1. The number of nitrogens with one attached hydrogen (secondary N) is 2. The first-order valence-electron chi connectivity index (χ1n) is 6.10. The molecule has 5 heteroatoms. The molecule has 1 heterocycles. The van der Waals surface area contributed by atoms with Gasteiger partial charge in [0.2, 0.25) is 0 Å². The first-order chi connectivity index (χ1) is 8.70. The fourth-order valence-corrected chi connectivity index (χ4v) is 2.37. The third kappa shape index (κ3) is 3.31. The maximum atomic E-state index is 11.8. The van der Waals surface area contributed by atoms with Crippen LogP contribution in [0.3, 0.4) is 0 Å². The molecule has 1 aromatic carbocycles. The van der Waals surface area contributed by atoms with Gasteiger partial charge in [0.25, 0.3) is 0 Å². The molecule has 2 N–H and O–H groups in total. The second-order valence-electron chi connectivity index (χ2n) is 4.32. The molecule has 1 aliphatic heterocycles. The zero-order valence-electron chi connectivity index (χ0n) is 10.3. The third-order valence-electron chi connectivity index (χ3n) is 3.05. The van der Waals surface area contributed by atoms with Gasteiger partial charge in [-0.1, -0.05) is 28.1 Å². The van der Waals surface area contributed by atoms with Crippen molar-refractivity contribution in [2.75, 3.05) is 13.2 Å². The van der Waals surface area contributed by atoms with Gasteiger partial charge in [-0.25, -0.2) is 0 Å². The van der Waals surface area contributed by atoms with E-state index in [2.05, 4.69) is 38.9 Å². The van der Waals surface area contributed by atoms with Crippen LogP contribution in [-0.4, -0.2) is 25.2 Å². The molecule has 4 nitrogen and oxygen atoms in total. The van der Waals surface area contributed by atoms with E-state index in [-0.39, 0.29) is 17.9 Å². The quantitative estimate of drug-likeness (QED) is 0.830. The van der Waals surface area contributed by atoms with Crippen LogP contribution < -0.4 is 10.9 Å². The Morgan fingerprint density at radius 2 is 2.17 bits per heavy atom. The lowest BCUT2D eigenvalue weighted by Crippen LogP contribution is -2.36. The van der Waals surface area contributed by atoms with Crippen molar-refractivity contribution in [3.05, 3.63) is 34.3 Å². The molecular weight excluding hydrogens is 296 g/mol. The Kier molecular flexibility index (Phi) is 4.74. The number of hydrazine groups is 1. The fourth-order valence-electron chi connectivity index (χ4n) is 2.11. The topological polar surface area (TPSA) is 50.4 Å². The van der Waals surface area contributed by atoms with Gasteiger partial charge in [-0.3, -0.25) is 15.6 Å². The monoisotopic (exact) mass is 312 g/mol. The van der Waals surface area contributed by atoms with E-state index in [0.717, 1.165) is 10.9 Å². The number of esters is 1. The zero-order valence-corrected chi connectivity index (χ0v) is 11.9. The van der Waals surface area contributed by atoms with E-state index in [1.165, 1.54) is 5.56 Å². The molecule has 0 amide bonds. The highest BCUT2D eigenvalue weighted by Gasteiger charge is 2.33. The average Bonchev–Trinajstić information content (AvgIpc) is 2.81. The van der Waals surface area contributed by atoms with Crippen molar-refractivity contribution in [1.82, 2.24) is 10.9 Å². The molecule has 0 bridgehead atoms. The molecule has 2 rings (SSSR count). The Balaban J connectivity index is 1.99. The molecule has 98 valence electrons. The number of rotatable bonds is 4. The third-order valence-corrected chi connectivity index (χ3v) is 3.58. The summed E-state index contributed by atoms with van der Waals surface area (Å²) in [6, 6.07) is 8.23. The van der Waals surface area contributed by atoms with Crippen LogP contribution in [0.4, 0.5) is 0 Å². The maximum Gasteiger partial charge on any atom is 0.311 e. The highest BCUT2D eigenvalue weighted by atomic mass is 79.9. The van der Waals surface area contributed by atoms with Gasteiger partial charge in [0.1, 0.15) is 0 Å². The fraction of sp³-hybridized carbons (Fsp3) is 0.462. The van der Waals surface area contributed by atoms with E-state index in [1.54, 1.807) is 0 Å². The Hall–Kier alpha value is -0.910. The molecule has 1 aromatic rings. The van der Waals surface area contributed by atoms with Crippen molar-refractivity contribution in [2.24, 2.45) is 5.92 Å². The van der Waals surface area contributed by atoms with Crippen LogP contribution in [0.1, 0.15) is 12.5 Å². The smallest absolute Gasteiger partial charge is 0.311 e. The lowest BCUT2D eigenvalue weighted by atomic mass is 9.95. The summed E-state index contributed by atoms with van der Waals surface area (Å²) >= 11 is 3.41. The number of ether oxygens (including phenoxy) is 1. The van der Waals surface area contributed by atoms with Gasteiger partial charge in [-0.2, -0.15) is 0 Å². The number of carbonyl (C=O) groups excluding carboxylic acids is 1. The van der Waals surface area contributed by atoms with Gasteiger partial charge in [-0.05, 0) is 31.0 Å². The minimum atomic E-state index is -0.128. The van der Waals surface area contributed by atoms with Gasteiger partial charge in [0.15, 0.2) is 0 Å². The summed E-state index contributed by atoms with van der Waals surface area (Å²) in [5.74, 6) is -0.245. The van der Waals surface area contributed by atoms with Crippen LogP contribution >= 0.6 is 15.9 Å². The summed E-state index contributed by atoms with van der Waals surface area (Å²) in [6.45, 7) is 2.89. The van der Waals surface area contributed by atoms with Gasteiger partial charge >= 0.3 is 5.97 Å². The highest BCUT2D eigenvalue weighted by molar-refractivity contribution is 9.10. The van der Waals surface area contributed by atoms with Crippen molar-refractivity contribution in [1.29, 1.82) is 0 Å². The zero-order chi connectivity index (χ0) is 13.0. The lowest BCUT2D eigenvalue weighted by molar-refractivity contribution is -0.147. The van der Waals surface area contributed by atoms with Crippen molar-refractivity contribution in [2.45, 2.75) is 19.4 Å². The molecule has 0 radical (unpaired) electrons. The van der Waals surface area contributed by atoms with Crippen LogP contribution in [0.5, 0.6) is 0 Å². The van der Waals surface area contributed by atoms with Crippen molar-refractivity contribution >= 4 is 21.9 Å². The standard InChI is InChI=1S/C13H17BrN2O2/c1-2-18-13(17)11-8-15-16-12(11)7-9-3-5-10(14)6-4-9/h3-6,11-12,15-16H,2,7-8H2,1H3. The summed E-state index contributed by atoms with van der Waals surface area (Å²) in [5, 5.41) is 0. The Labute approximate surface area is 115 Å². The average molecular weight is 313 g/mol. The van der Waals surface area contributed by atoms with E-state index >= 15 is 0 Å². The number of hydrogen-bond donors (Lipinski definition) is 2. The van der Waals surface area contributed by atoms with E-state index < -0.39 is 0 Å². The summed E-state index contributed by atoms with van der Waals surface area (Å²) < 4.78 is 6.15. The van der Waals surface area contributed by atoms with Gasteiger partial charge in [0.05, 0.1) is 12.5 Å². The van der Waals surface area contributed by atoms with Crippen molar-refractivity contribution < 1.29 is 9.53 Å². The van der Waals surface area contributed by atoms with E-state index in [1.807, 2.05) is 19.1 Å². The predicted octanol–water partition coefficient (Wildman–Crippen LogP) is 1.65. The number of benzene rings is 1. The summed E-state index contributed by atoms with van der Waals surface area (Å²) in [6.07, 6.45) is 0.809. The summed E-state index contributed by atoms with van der Waals surface area (Å²) in [4.78, 5) is 11.8. The van der Waals surface area contributed by atoms with E-state index in [9.17, 15) is 4.79 Å². The lowest BCUT2D eigenvalue weighted by Gasteiger charge is -2.17. The maximum absolute atomic E-state index is 11.8. The first-order valence-corrected chi connectivity index (χ1v) is 6.89. The van der Waals surface area contributed by atoms with Crippen LogP contribution in [0.15, 0.2) is 28.7 Å². The molecule has 1 aliphatic rings. The van der Waals surface area contributed by atoms with Crippen LogP contribution in [0.25, 0.3) is 0 Å². The molecule has 0 aliphatic carbocycles. The second-order valence-corrected chi connectivity index (χ2v) is 5.24. The molecule has 1 saturated heterocycles. The Bertz CT molecular complexity index is 408. The second kappa shape index (κ2) is 6.31. The summed E-state index contributed by atoms with van der Waals surface area (Å²) in [5.41, 5.74) is 7.38. The highest BCUT2D eigenvalue weighted by Crippen LogP contribution is 2.17. The molecular formula is C13H17BrN2O2. The molecule has 2 atom stereocenters. The predicted molar refractivity (Wildman–Crippen MR) is 72.9 cm³/mol. The Morgan fingerprint density at radius 1 is 1.44 bits per heavy atom. The van der Waals surface area contributed by atoms with E-state index in [4.69, 9.17) is 4.74 Å². The molecule has 0 aromatic heterocycles. The van der Waals surface area contributed by atoms with Gasteiger partial charge in [0, 0.05) is 17.1 Å². The Morgan fingerprint density at radius 3 is 2.83 bits per heavy atom. The largest absolute Gasteiger partial charge is 0.466 e. The van der Waals surface area contributed by atoms with Crippen molar-refractivity contribution in [3.63, 3.8) is 0 Å². The minimum absolute atomic E-state index is 0.0882. The molecule has 0 saturated carbocycles. The van der Waals surface area contributed by atoms with Gasteiger partial charge in [-0.15, -0.1) is 0 Å². The molecule has 2 unspecified atom stereocenters. The number of hydrogen-bond acceptors (Lipinski definition) is 4. The molecule has 18 heavy (non-hydrogen) atoms. The van der Waals surface area contributed by atoms with Crippen LogP contribution in [-0.2, 0) is 16.0 Å². The first kappa shape index (κ1) is 13.5. The van der Waals surface area contributed by atoms with E-state index in [0.29, 0.717) is 13.2 Å². The summed E-state index contributed by atoms with van der Waals surface area (Å²) in [7, 11) is 0. The van der Waals surface area contributed by atoms with Gasteiger partial charge < -0.3 is 4.74 Å². The molecule has 1 fully saturated rings. The van der Waals surface area contributed by atoms with Crippen LogP contribution in [0.2, 0.25) is 0 Å². The van der Waals surface area contributed by atoms with Crippen molar-refractivity contribution in [3.8, 4) is 0 Å². The minimum Gasteiger partial charge on any atom is -0.466 e. The number of halogens is 1. The molecule has 0 spiro atoms. The normalized spacial score (nSPS) is 23.0.